The third kappa shape index (κ3) is 2.29. The van der Waals surface area contributed by atoms with Crippen molar-refractivity contribution in [2.24, 2.45) is 0 Å². The highest BCUT2D eigenvalue weighted by atomic mass is 35.5. The van der Waals surface area contributed by atoms with E-state index in [0.717, 1.165) is 36.1 Å². The number of nitrogens with zero attached hydrogens (tertiary/aromatic N) is 1. The Hall–Kier alpha value is -2.98. The van der Waals surface area contributed by atoms with Crippen molar-refractivity contribution in [2.75, 3.05) is 4.90 Å². The van der Waals surface area contributed by atoms with Gasteiger partial charge in [0.2, 0.25) is 0 Å². The first-order chi connectivity index (χ1) is 14.2. The summed E-state index contributed by atoms with van der Waals surface area (Å²) in [5.41, 5.74) is 3.16. The van der Waals surface area contributed by atoms with Crippen LogP contribution in [0.2, 0.25) is 5.02 Å². The molecule has 1 spiro atoms. The molecule has 1 fully saturated rings. The van der Waals surface area contributed by atoms with Gasteiger partial charge in [-0.15, -0.1) is 0 Å². The zero-order chi connectivity index (χ0) is 19.6. The van der Waals surface area contributed by atoms with Crippen molar-refractivity contribution >= 4 is 23.4 Å². The standard InChI is InChI=1S/C24H18ClNO3/c25-16-11-12-21-19(14-16)26-22(17-8-2-4-10-20(17)28-21)24(29-23(26)27)13-5-7-15-6-1-3-9-18(15)24/h1-4,6,8-12,14,22H,5,7,13H2/t22-,24+/m0/s1. The fourth-order valence-electron chi connectivity index (χ4n) is 5.10. The van der Waals surface area contributed by atoms with Gasteiger partial charge in [0.15, 0.2) is 11.4 Å². The summed E-state index contributed by atoms with van der Waals surface area (Å²) in [7, 11) is 0. The molecule has 1 saturated heterocycles. The van der Waals surface area contributed by atoms with Gasteiger partial charge in [-0.2, -0.15) is 0 Å². The van der Waals surface area contributed by atoms with Crippen molar-refractivity contribution in [3.63, 3.8) is 0 Å². The zero-order valence-corrected chi connectivity index (χ0v) is 16.4. The monoisotopic (exact) mass is 403 g/mol. The van der Waals surface area contributed by atoms with Gasteiger partial charge in [-0.1, -0.05) is 54.1 Å². The summed E-state index contributed by atoms with van der Waals surface area (Å²) < 4.78 is 12.5. The molecule has 1 amide bonds. The van der Waals surface area contributed by atoms with Crippen molar-refractivity contribution in [1.29, 1.82) is 0 Å². The number of amides is 1. The van der Waals surface area contributed by atoms with Gasteiger partial charge in [-0.3, -0.25) is 4.90 Å². The van der Waals surface area contributed by atoms with Gasteiger partial charge in [0.25, 0.3) is 0 Å². The van der Waals surface area contributed by atoms with E-state index in [0.29, 0.717) is 16.5 Å². The maximum absolute atomic E-state index is 13.3. The quantitative estimate of drug-likeness (QED) is 0.437. The molecule has 0 N–H and O–H groups in total. The van der Waals surface area contributed by atoms with Crippen LogP contribution < -0.4 is 9.64 Å². The third-order valence-corrected chi connectivity index (χ3v) is 6.48. The van der Waals surface area contributed by atoms with Crippen LogP contribution in [0.5, 0.6) is 11.5 Å². The number of anilines is 1. The van der Waals surface area contributed by atoms with E-state index in [1.165, 1.54) is 5.56 Å². The lowest BCUT2D eigenvalue weighted by atomic mass is 9.72. The van der Waals surface area contributed by atoms with Crippen LogP contribution in [0.15, 0.2) is 66.7 Å². The van der Waals surface area contributed by atoms with Gasteiger partial charge in [0, 0.05) is 16.1 Å². The molecule has 0 radical (unpaired) electrons. The number of halogens is 1. The second-order valence-electron chi connectivity index (χ2n) is 7.79. The zero-order valence-electron chi connectivity index (χ0n) is 15.6. The normalized spacial score (nSPS) is 24.0. The Bertz CT molecular complexity index is 1160. The summed E-state index contributed by atoms with van der Waals surface area (Å²) in [4.78, 5) is 15.1. The summed E-state index contributed by atoms with van der Waals surface area (Å²) in [6.45, 7) is 0. The number of carbonyl (C=O) groups is 1. The predicted octanol–water partition coefficient (Wildman–Crippen LogP) is 6.38. The first kappa shape index (κ1) is 16.9. The Morgan fingerprint density at radius 1 is 1.00 bits per heavy atom. The number of ether oxygens (including phenoxy) is 2. The smallest absolute Gasteiger partial charge is 0.416 e. The van der Waals surface area contributed by atoms with E-state index in [1.807, 2.05) is 42.5 Å². The minimum Gasteiger partial charge on any atom is -0.455 e. The van der Waals surface area contributed by atoms with Gasteiger partial charge in [0.1, 0.15) is 11.8 Å². The summed E-state index contributed by atoms with van der Waals surface area (Å²) >= 11 is 6.30. The number of fused-ring (bicyclic) bond motifs is 8. The van der Waals surface area contributed by atoms with Crippen LogP contribution in [-0.4, -0.2) is 6.09 Å². The van der Waals surface area contributed by atoms with Crippen molar-refractivity contribution in [3.05, 3.63) is 88.4 Å². The highest BCUT2D eigenvalue weighted by Gasteiger charge is 2.59. The second kappa shape index (κ2) is 6.01. The van der Waals surface area contributed by atoms with E-state index in [-0.39, 0.29) is 12.1 Å². The van der Waals surface area contributed by atoms with Crippen LogP contribution in [-0.2, 0) is 16.8 Å². The Labute approximate surface area is 173 Å². The van der Waals surface area contributed by atoms with Gasteiger partial charge < -0.3 is 9.47 Å². The van der Waals surface area contributed by atoms with Crippen molar-refractivity contribution in [3.8, 4) is 11.5 Å². The van der Waals surface area contributed by atoms with Crippen LogP contribution in [0.3, 0.4) is 0 Å². The Balaban J connectivity index is 1.67. The number of para-hydroxylation sites is 1. The SMILES string of the molecule is O=C1O[C@@]2(CCCc3ccccc32)[C@@H]2c3ccccc3Oc3ccc(Cl)cc3N12. The lowest BCUT2D eigenvalue weighted by Crippen LogP contribution is -2.39. The molecule has 2 atom stereocenters. The van der Waals surface area contributed by atoms with Crippen LogP contribution in [0, 0.1) is 0 Å². The lowest BCUT2D eigenvalue weighted by Gasteiger charge is -2.39. The Kier molecular flexibility index (Phi) is 3.51. The second-order valence-corrected chi connectivity index (χ2v) is 8.23. The molecular formula is C24H18ClNO3. The highest BCUT2D eigenvalue weighted by Crippen LogP contribution is 2.59. The summed E-state index contributed by atoms with van der Waals surface area (Å²) in [5, 5.41) is 0.551. The summed E-state index contributed by atoms with van der Waals surface area (Å²) in [6.07, 6.45) is 2.35. The minimum absolute atomic E-state index is 0.327. The fourth-order valence-corrected chi connectivity index (χ4v) is 5.27. The molecule has 0 bridgehead atoms. The van der Waals surface area contributed by atoms with E-state index in [2.05, 4.69) is 12.1 Å². The summed E-state index contributed by atoms with van der Waals surface area (Å²) in [5.74, 6) is 1.34. The molecular weight excluding hydrogens is 386 g/mol. The van der Waals surface area contributed by atoms with Crippen molar-refractivity contribution in [2.45, 2.75) is 30.9 Å². The van der Waals surface area contributed by atoms with E-state index in [1.54, 1.807) is 17.0 Å². The number of hydrogen-bond donors (Lipinski definition) is 0. The Morgan fingerprint density at radius 3 is 2.76 bits per heavy atom. The molecule has 2 heterocycles. The third-order valence-electron chi connectivity index (χ3n) is 6.25. The van der Waals surface area contributed by atoms with Gasteiger partial charge in [-0.05, 0) is 49.1 Å². The minimum atomic E-state index is -0.755. The molecule has 29 heavy (non-hydrogen) atoms. The molecule has 144 valence electrons. The van der Waals surface area contributed by atoms with Crippen LogP contribution in [0.4, 0.5) is 10.5 Å². The molecule has 3 aromatic rings. The molecule has 3 aromatic carbocycles. The molecule has 6 rings (SSSR count). The first-order valence-electron chi connectivity index (χ1n) is 9.84. The predicted molar refractivity (Wildman–Crippen MR) is 111 cm³/mol. The van der Waals surface area contributed by atoms with Crippen molar-refractivity contribution in [1.82, 2.24) is 0 Å². The maximum atomic E-state index is 13.3. The van der Waals surface area contributed by atoms with E-state index in [9.17, 15) is 4.79 Å². The molecule has 0 unspecified atom stereocenters. The van der Waals surface area contributed by atoms with E-state index < -0.39 is 5.60 Å². The molecule has 1 aliphatic carbocycles. The molecule has 2 aliphatic heterocycles. The number of benzene rings is 3. The van der Waals surface area contributed by atoms with Gasteiger partial charge >= 0.3 is 6.09 Å². The number of hydrogen-bond acceptors (Lipinski definition) is 3. The number of aryl methyl sites for hydroxylation is 1. The topological polar surface area (TPSA) is 38.8 Å². The van der Waals surface area contributed by atoms with Crippen LogP contribution in [0.25, 0.3) is 0 Å². The van der Waals surface area contributed by atoms with Crippen LogP contribution >= 0.6 is 11.6 Å². The van der Waals surface area contributed by atoms with Gasteiger partial charge in [0.05, 0.1) is 5.69 Å². The average molecular weight is 404 g/mol. The van der Waals surface area contributed by atoms with E-state index in [4.69, 9.17) is 21.1 Å². The molecule has 0 saturated carbocycles. The summed E-state index contributed by atoms with van der Waals surface area (Å²) in [6, 6.07) is 21.2. The average Bonchev–Trinajstić information content (AvgIpc) is 2.93. The van der Waals surface area contributed by atoms with Gasteiger partial charge in [-0.25, -0.2) is 4.79 Å². The number of carbonyl (C=O) groups excluding carboxylic acids is 1. The highest BCUT2D eigenvalue weighted by molar-refractivity contribution is 6.31. The first-order valence-corrected chi connectivity index (χ1v) is 10.2. The fraction of sp³-hybridized carbons (Fsp3) is 0.208. The molecule has 4 nitrogen and oxygen atoms in total. The van der Waals surface area contributed by atoms with Crippen molar-refractivity contribution < 1.29 is 14.3 Å². The van der Waals surface area contributed by atoms with E-state index >= 15 is 0 Å². The maximum Gasteiger partial charge on any atom is 0.416 e. The number of rotatable bonds is 0. The molecule has 5 heteroatoms. The molecule has 0 aromatic heterocycles. The molecule has 3 aliphatic rings. The van der Waals surface area contributed by atoms with Crippen LogP contribution in [0.1, 0.15) is 35.6 Å². The Morgan fingerprint density at radius 2 is 1.83 bits per heavy atom. The lowest BCUT2D eigenvalue weighted by molar-refractivity contribution is 0.0170. The largest absolute Gasteiger partial charge is 0.455 e.